The van der Waals surface area contributed by atoms with Gasteiger partial charge < -0.3 is 9.64 Å². The van der Waals surface area contributed by atoms with Gasteiger partial charge in [0.15, 0.2) is 6.10 Å². The average molecular weight is 408 g/mol. The first-order chi connectivity index (χ1) is 13.0. The molecule has 9 heteroatoms. The first-order valence-corrected chi connectivity index (χ1v) is 9.81. The Morgan fingerprint density at radius 1 is 1.14 bits per heavy atom. The lowest BCUT2D eigenvalue weighted by Gasteiger charge is -2.18. The van der Waals surface area contributed by atoms with Crippen LogP contribution in [0.25, 0.3) is 0 Å². The number of esters is 1. The van der Waals surface area contributed by atoms with Crippen LogP contribution in [-0.2, 0) is 19.6 Å². The van der Waals surface area contributed by atoms with Gasteiger partial charge in [0, 0.05) is 14.1 Å². The molecule has 0 heterocycles. The van der Waals surface area contributed by atoms with Crippen LogP contribution >= 0.6 is 0 Å². The lowest BCUT2D eigenvalue weighted by atomic mass is 10.1. The van der Waals surface area contributed by atoms with Crippen molar-refractivity contribution >= 4 is 27.6 Å². The van der Waals surface area contributed by atoms with Gasteiger partial charge in [0.05, 0.1) is 16.1 Å². The third-order valence-electron chi connectivity index (χ3n) is 3.93. The Hall–Kier alpha value is -2.94. The van der Waals surface area contributed by atoms with E-state index in [0.29, 0.717) is 5.56 Å². The second-order valence-electron chi connectivity index (χ2n) is 6.34. The van der Waals surface area contributed by atoms with E-state index < -0.39 is 33.8 Å². The molecule has 0 fully saturated rings. The Bertz CT molecular complexity index is 1010. The molecule has 0 bridgehead atoms. The Morgan fingerprint density at radius 2 is 1.79 bits per heavy atom. The summed E-state index contributed by atoms with van der Waals surface area (Å²) in [4.78, 5) is 25.3. The van der Waals surface area contributed by atoms with Crippen molar-refractivity contribution in [2.45, 2.75) is 24.8 Å². The van der Waals surface area contributed by atoms with Gasteiger partial charge in [0.2, 0.25) is 0 Å². The summed E-state index contributed by atoms with van der Waals surface area (Å²) in [5.74, 6) is -1.96. The zero-order valence-electron chi connectivity index (χ0n) is 15.9. The monoisotopic (exact) mass is 408 g/mol. The molecule has 0 spiro atoms. The van der Waals surface area contributed by atoms with Crippen LogP contribution in [0.2, 0.25) is 0 Å². The van der Waals surface area contributed by atoms with Gasteiger partial charge in [-0.15, -0.1) is 0 Å². The molecule has 2 aromatic rings. The second kappa shape index (κ2) is 8.39. The molecular weight excluding hydrogens is 387 g/mol. The number of halogens is 1. The zero-order chi connectivity index (χ0) is 21.1. The van der Waals surface area contributed by atoms with Gasteiger partial charge in [-0.1, -0.05) is 18.2 Å². The van der Waals surface area contributed by atoms with Crippen LogP contribution in [-0.4, -0.2) is 45.4 Å². The standard InChI is InChI=1S/C19H21FN2O5S/c1-12-9-10-14(28(25,26)21-17-8-6-5-7-16(17)20)11-15(12)19(24)27-13(2)18(23)22(3)4/h5-11,13,21H,1-4H3/t13-/m1/s1. The van der Waals surface area contributed by atoms with Crippen LogP contribution in [0.4, 0.5) is 10.1 Å². The van der Waals surface area contributed by atoms with Crippen molar-refractivity contribution in [1.29, 1.82) is 0 Å². The molecule has 0 saturated heterocycles. The van der Waals surface area contributed by atoms with E-state index in [1.165, 1.54) is 56.3 Å². The van der Waals surface area contributed by atoms with Crippen LogP contribution in [0.15, 0.2) is 47.4 Å². The fourth-order valence-corrected chi connectivity index (χ4v) is 3.47. The minimum atomic E-state index is -4.14. The summed E-state index contributed by atoms with van der Waals surface area (Å²) in [6.07, 6.45) is -1.03. The molecule has 0 saturated carbocycles. The lowest BCUT2D eigenvalue weighted by molar-refractivity contribution is -0.137. The van der Waals surface area contributed by atoms with E-state index in [1.54, 1.807) is 6.92 Å². The highest BCUT2D eigenvalue weighted by Gasteiger charge is 2.24. The highest BCUT2D eigenvalue weighted by Crippen LogP contribution is 2.22. The van der Waals surface area contributed by atoms with E-state index >= 15 is 0 Å². The topological polar surface area (TPSA) is 92.8 Å². The number of aryl methyl sites for hydroxylation is 1. The van der Waals surface area contributed by atoms with E-state index in [1.807, 2.05) is 0 Å². The van der Waals surface area contributed by atoms with Gasteiger partial charge in [-0.25, -0.2) is 17.6 Å². The van der Waals surface area contributed by atoms with Crippen LogP contribution in [0, 0.1) is 12.7 Å². The smallest absolute Gasteiger partial charge is 0.339 e. The van der Waals surface area contributed by atoms with E-state index in [4.69, 9.17) is 4.74 Å². The number of rotatable bonds is 6. The zero-order valence-corrected chi connectivity index (χ0v) is 16.7. The summed E-state index contributed by atoms with van der Waals surface area (Å²) < 4.78 is 46.2. The third kappa shape index (κ3) is 4.86. The number of nitrogens with zero attached hydrogens (tertiary/aromatic N) is 1. The summed E-state index contributed by atoms with van der Waals surface area (Å²) >= 11 is 0. The first-order valence-electron chi connectivity index (χ1n) is 8.33. The highest BCUT2D eigenvalue weighted by atomic mass is 32.2. The number of hydrogen-bond acceptors (Lipinski definition) is 5. The summed E-state index contributed by atoms with van der Waals surface area (Å²) in [5.41, 5.74) is 0.256. The van der Waals surface area contributed by atoms with Crippen molar-refractivity contribution in [3.8, 4) is 0 Å². The maximum Gasteiger partial charge on any atom is 0.339 e. The number of para-hydroxylation sites is 1. The quantitative estimate of drug-likeness (QED) is 0.742. The van der Waals surface area contributed by atoms with Crippen LogP contribution in [0.5, 0.6) is 0 Å². The Kier molecular flexibility index (Phi) is 6.40. The van der Waals surface area contributed by atoms with Crippen LogP contribution in [0.1, 0.15) is 22.8 Å². The minimum Gasteiger partial charge on any atom is -0.449 e. The molecule has 7 nitrogen and oxygen atoms in total. The fourth-order valence-electron chi connectivity index (χ4n) is 2.37. The summed E-state index contributed by atoms with van der Waals surface area (Å²) in [5, 5.41) is 0. The Balaban J connectivity index is 2.30. The number of carbonyl (C=O) groups is 2. The van der Waals surface area contributed by atoms with Crippen molar-refractivity contribution in [3.05, 3.63) is 59.4 Å². The number of sulfonamides is 1. The molecule has 28 heavy (non-hydrogen) atoms. The van der Waals surface area contributed by atoms with Crippen LogP contribution in [0.3, 0.4) is 0 Å². The Labute approximate surface area is 163 Å². The molecule has 1 atom stereocenters. The maximum absolute atomic E-state index is 13.8. The predicted octanol–water partition coefficient (Wildman–Crippen LogP) is 2.57. The van der Waals surface area contributed by atoms with E-state index in [0.717, 1.165) is 12.1 Å². The molecule has 150 valence electrons. The number of hydrogen-bond donors (Lipinski definition) is 1. The van der Waals surface area contributed by atoms with Crippen molar-refractivity contribution in [1.82, 2.24) is 4.90 Å². The fraction of sp³-hybridized carbons (Fsp3) is 0.263. The van der Waals surface area contributed by atoms with Gasteiger partial charge in [-0.2, -0.15) is 0 Å². The van der Waals surface area contributed by atoms with Crippen molar-refractivity contribution < 1.29 is 27.1 Å². The summed E-state index contributed by atoms with van der Waals surface area (Å²) in [6, 6.07) is 9.19. The number of amides is 1. The predicted molar refractivity (Wildman–Crippen MR) is 102 cm³/mol. The van der Waals surface area contributed by atoms with Gasteiger partial charge in [-0.3, -0.25) is 9.52 Å². The van der Waals surface area contributed by atoms with Gasteiger partial charge in [-0.05, 0) is 43.7 Å². The SMILES string of the molecule is Cc1ccc(S(=O)(=O)Nc2ccccc2F)cc1C(=O)O[C@H](C)C(=O)N(C)C. The van der Waals surface area contributed by atoms with E-state index in [2.05, 4.69) is 4.72 Å². The molecule has 0 radical (unpaired) electrons. The Morgan fingerprint density at radius 3 is 2.39 bits per heavy atom. The van der Waals surface area contributed by atoms with Gasteiger partial charge in [0.25, 0.3) is 15.9 Å². The third-order valence-corrected chi connectivity index (χ3v) is 5.29. The molecular formula is C19H21FN2O5S. The molecule has 0 unspecified atom stereocenters. The molecule has 1 amide bonds. The molecule has 0 aliphatic rings. The molecule has 1 N–H and O–H groups in total. The number of benzene rings is 2. The normalized spacial score (nSPS) is 12.2. The molecule has 2 aromatic carbocycles. The molecule has 0 aliphatic heterocycles. The lowest BCUT2D eigenvalue weighted by Crippen LogP contribution is -2.35. The van der Waals surface area contributed by atoms with E-state index in [9.17, 15) is 22.4 Å². The van der Waals surface area contributed by atoms with Gasteiger partial charge in [0.1, 0.15) is 5.82 Å². The molecule has 0 aliphatic carbocycles. The number of ether oxygens (including phenoxy) is 1. The van der Waals surface area contributed by atoms with Crippen molar-refractivity contribution in [2.75, 3.05) is 18.8 Å². The first kappa shape index (κ1) is 21.4. The summed E-state index contributed by atoms with van der Waals surface area (Å²) in [6.45, 7) is 3.03. The molecule has 0 aromatic heterocycles. The highest BCUT2D eigenvalue weighted by molar-refractivity contribution is 7.92. The van der Waals surface area contributed by atoms with Gasteiger partial charge >= 0.3 is 5.97 Å². The maximum atomic E-state index is 13.8. The minimum absolute atomic E-state index is 0.00480. The van der Waals surface area contributed by atoms with E-state index in [-0.39, 0.29) is 16.1 Å². The molecule has 2 rings (SSSR count). The average Bonchev–Trinajstić information content (AvgIpc) is 2.62. The number of carbonyl (C=O) groups excluding carboxylic acids is 2. The number of anilines is 1. The largest absolute Gasteiger partial charge is 0.449 e. The number of likely N-dealkylation sites (N-methyl/N-ethyl adjacent to an activating group) is 1. The van der Waals surface area contributed by atoms with Crippen molar-refractivity contribution in [2.24, 2.45) is 0 Å². The number of nitrogens with one attached hydrogen (secondary N) is 1. The summed E-state index contributed by atoms with van der Waals surface area (Å²) in [7, 11) is -1.09. The van der Waals surface area contributed by atoms with Crippen molar-refractivity contribution in [3.63, 3.8) is 0 Å². The second-order valence-corrected chi connectivity index (χ2v) is 8.02. The van der Waals surface area contributed by atoms with Crippen LogP contribution < -0.4 is 4.72 Å².